The number of carbonyl (C=O) groups excluding carboxylic acids is 1. The number of hydrogen-bond donors (Lipinski definition) is 14. The summed E-state index contributed by atoms with van der Waals surface area (Å²) < 4.78 is 29.6. The summed E-state index contributed by atoms with van der Waals surface area (Å²) in [5.41, 5.74) is -1.14. The number of hydrogen-bond acceptors (Lipinski definition) is 21. The lowest BCUT2D eigenvalue weighted by molar-refractivity contribution is -0.354. The summed E-state index contributed by atoms with van der Waals surface area (Å²) >= 11 is 0. The van der Waals surface area contributed by atoms with Crippen LogP contribution in [-0.4, -0.2) is 148 Å². The number of benzene rings is 2. The monoisotopic (exact) mass is 879 g/mol. The van der Waals surface area contributed by atoms with E-state index in [9.17, 15) is 70.6 Å². The fourth-order valence-electron chi connectivity index (χ4n) is 8.35. The minimum atomic E-state index is -3.01. The van der Waals surface area contributed by atoms with E-state index in [2.05, 4.69) is 22.5 Å². The largest absolute Gasteiger partial charge is 0.507 e. The number of aliphatic hydroxyl groups is 7. The van der Waals surface area contributed by atoms with E-state index in [0.717, 1.165) is 18.2 Å². The maximum Gasteiger partial charge on any atom is 0.351 e. The zero-order valence-electron chi connectivity index (χ0n) is 32.7. The van der Waals surface area contributed by atoms with E-state index in [4.69, 9.17) is 29.1 Å². The lowest BCUT2D eigenvalue weighted by Gasteiger charge is -2.52. The van der Waals surface area contributed by atoms with Gasteiger partial charge in [0.1, 0.15) is 58.7 Å². The van der Waals surface area contributed by atoms with Gasteiger partial charge in [0.15, 0.2) is 23.0 Å². The summed E-state index contributed by atoms with van der Waals surface area (Å²) in [5, 5.41) is 125. The molecular weight excluding hydrogens is 838 g/mol. The molecule has 0 aliphatic carbocycles. The number of nitrogens with one attached hydrogen (secondary N) is 2. The highest BCUT2D eigenvalue weighted by Crippen LogP contribution is 2.53. The predicted molar refractivity (Wildman–Crippen MR) is 209 cm³/mol. The number of phenols is 3. The maximum atomic E-state index is 14.4. The van der Waals surface area contributed by atoms with E-state index in [1.165, 1.54) is 25.4 Å². The van der Waals surface area contributed by atoms with Crippen molar-refractivity contribution in [2.45, 2.75) is 84.8 Å². The van der Waals surface area contributed by atoms with Crippen molar-refractivity contribution in [3.05, 3.63) is 81.3 Å². The number of nitrogens with two attached hydrogens (primary N) is 1. The smallest absolute Gasteiger partial charge is 0.351 e. The molecule has 5 aliphatic heterocycles. The lowest BCUT2D eigenvalue weighted by atomic mass is 9.79. The molecule has 12 atom stereocenters. The predicted octanol–water partition coefficient (Wildman–Crippen LogP) is -3.22. The molecule has 3 aromatic rings. The standard InChI is InChI=1S/C41H41N3O19/c1-43-24-11-18(16-3-4-25(42)44-14-16)26-23(13-22-27(29(26)49)19(46)12-21(59-22)17-9-15(5-8-45)28(48)20(47)10-17)61-41(24)35(55)32(52)34(54)40(63-41)7-2-6-39(37(56)57)33(53)30(50)31(51)36(62-39)60-38(40)58/h3-4,9-14,18,25,30-36,43-45,47-55H,5,7-8,42H2,1H3,(H,56,57)/t18-,25?,30+,31+,32-,33-,34-,35+,36-,39-,40-,41-/m0/s1. The van der Waals surface area contributed by atoms with Crippen LogP contribution >= 0.6 is 0 Å². The third kappa shape index (κ3) is 6.56. The first kappa shape index (κ1) is 43.4. The summed E-state index contributed by atoms with van der Waals surface area (Å²) in [7, 11) is 1.32. The quantitative estimate of drug-likeness (QED) is 0.0658. The Labute approximate surface area is 353 Å². The topological polar surface area (TPSA) is 374 Å². The van der Waals surface area contributed by atoms with Crippen LogP contribution in [0.25, 0.3) is 22.3 Å². The summed E-state index contributed by atoms with van der Waals surface area (Å²) in [6.45, 7) is -0.412. The second kappa shape index (κ2) is 15.5. The fraction of sp³-hybridized carbons (Fsp3) is 0.390. The molecule has 1 unspecified atom stereocenters. The average Bonchev–Trinajstić information content (AvgIpc) is 3.34. The summed E-state index contributed by atoms with van der Waals surface area (Å²) in [5.74, 6) is -5.76. The highest BCUT2D eigenvalue weighted by molar-refractivity contribution is 5.89. The average molecular weight is 880 g/mol. The number of fused-ring (bicyclic) bond motifs is 4. The maximum absolute atomic E-state index is 14.4. The van der Waals surface area contributed by atoms with Gasteiger partial charge in [-0.25, -0.2) is 9.59 Å². The molecule has 6 heterocycles. The number of aliphatic carboxylic acids is 1. The number of allylic oxidation sites excluding steroid dienone is 3. The summed E-state index contributed by atoms with van der Waals surface area (Å²) in [6.07, 6.45) is -12.6. The van der Waals surface area contributed by atoms with Gasteiger partial charge in [0, 0.05) is 54.6 Å². The molecule has 2 fully saturated rings. The molecule has 2 saturated heterocycles. The van der Waals surface area contributed by atoms with Crippen LogP contribution in [0.5, 0.6) is 23.0 Å². The number of carboxylic acids is 1. The van der Waals surface area contributed by atoms with E-state index in [1.54, 1.807) is 12.2 Å². The molecule has 2 spiro atoms. The molecule has 0 amide bonds. The normalized spacial score (nSPS) is 34.7. The van der Waals surface area contributed by atoms with Crippen molar-refractivity contribution in [3.63, 3.8) is 0 Å². The van der Waals surface area contributed by atoms with Crippen LogP contribution in [0.2, 0.25) is 0 Å². The number of phenolic OH excluding ortho intramolecular Hbond substituents is 3. The zero-order valence-corrected chi connectivity index (χ0v) is 32.7. The number of carbonyl (C=O) groups is 2. The van der Waals surface area contributed by atoms with Crippen LogP contribution in [0, 0.1) is 11.8 Å². The second-order valence-electron chi connectivity index (χ2n) is 15.4. The molecule has 15 N–H and O–H groups in total. The molecular formula is C41H41N3O19. The molecule has 0 radical (unpaired) electrons. The van der Waals surface area contributed by atoms with Gasteiger partial charge in [-0.15, -0.1) is 0 Å². The van der Waals surface area contributed by atoms with Gasteiger partial charge in [-0.2, -0.15) is 0 Å². The van der Waals surface area contributed by atoms with Gasteiger partial charge in [0.2, 0.25) is 11.9 Å². The number of carboxylic acid groups (broad SMARTS) is 1. The van der Waals surface area contributed by atoms with Crippen LogP contribution in [0.4, 0.5) is 0 Å². The van der Waals surface area contributed by atoms with Crippen molar-refractivity contribution in [2.75, 3.05) is 13.7 Å². The fourth-order valence-corrected chi connectivity index (χ4v) is 8.35. The van der Waals surface area contributed by atoms with Crippen LogP contribution < -0.4 is 26.5 Å². The first-order valence-electron chi connectivity index (χ1n) is 19.2. The Hall–Kier alpha value is -6.23. The van der Waals surface area contributed by atoms with Crippen molar-refractivity contribution >= 4 is 22.9 Å². The van der Waals surface area contributed by atoms with Gasteiger partial charge >= 0.3 is 11.9 Å². The van der Waals surface area contributed by atoms with Crippen molar-refractivity contribution in [3.8, 4) is 46.2 Å². The Morgan fingerprint density at radius 1 is 0.984 bits per heavy atom. The molecule has 1 aromatic heterocycles. The minimum Gasteiger partial charge on any atom is -0.507 e. The number of aromatic hydroxyl groups is 3. The van der Waals surface area contributed by atoms with Gasteiger partial charge in [-0.05, 0) is 36.3 Å². The third-order valence-corrected chi connectivity index (χ3v) is 11.7. The van der Waals surface area contributed by atoms with Crippen LogP contribution in [-0.2, 0) is 30.2 Å². The SMILES string of the molecule is CNC1=C[C@@H](C2=CNC(N)C=C2)c2c(cc3oc(-c4cc(O)c(O)c(CCO)c4)cc(=O)c3c2O)O[C@]12O[C@@]1(CC#C[C@]3(C(=O)O)O[C@H](OC1=O)[C@H](O)[C@@H](O)[C@@H]3O)[C@@H](O)[C@H](O)[C@H]2O. The Bertz CT molecular complexity index is 2630. The number of esters is 1. The Morgan fingerprint density at radius 2 is 1.73 bits per heavy atom. The second-order valence-corrected chi connectivity index (χ2v) is 15.4. The van der Waals surface area contributed by atoms with Crippen LogP contribution in [0.1, 0.15) is 23.5 Å². The number of likely N-dealkylation sites (N-methyl/N-ethyl adjacent to an activating group) is 1. The van der Waals surface area contributed by atoms with Gasteiger partial charge in [0.25, 0.3) is 11.4 Å². The number of aliphatic hydroxyl groups excluding tert-OH is 7. The van der Waals surface area contributed by atoms with Gasteiger partial charge < -0.3 is 95.9 Å². The molecule has 22 heteroatoms. The highest BCUT2D eigenvalue weighted by atomic mass is 16.8. The molecule has 22 nitrogen and oxygen atoms in total. The van der Waals surface area contributed by atoms with Gasteiger partial charge in [-0.3, -0.25) is 4.79 Å². The molecule has 2 bridgehead atoms. The van der Waals surface area contributed by atoms with Crippen molar-refractivity contribution in [1.29, 1.82) is 0 Å². The van der Waals surface area contributed by atoms with Crippen LogP contribution in [0.3, 0.4) is 0 Å². The Morgan fingerprint density at radius 3 is 2.40 bits per heavy atom. The molecule has 0 saturated carbocycles. The van der Waals surface area contributed by atoms with E-state index in [1.807, 2.05) is 0 Å². The summed E-state index contributed by atoms with van der Waals surface area (Å²) in [4.78, 5) is 40.8. The molecule has 334 valence electrons. The number of ether oxygens (including phenoxy) is 4. The van der Waals surface area contributed by atoms with Crippen molar-refractivity contribution in [2.24, 2.45) is 5.73 Å². The molecule has 63 heavy (non-hydrogen) atoms. The first-order valence-corrected chi connectivity index (χ1v) is 19.2. The number of dihydropyridines is 1. The van der Waals surface area contributed by atoms with Crippen molar-refractivity contribution in [1.82, 2.24) is 10.6 Å². The van der Waals surface area contributed by atoms with E-state index in [-0.39, 0.29) is 40.2 Å². The van der Waals surface area contributed by atoms with Crippen molar-refractivity contribution < 1.29 is 89.1 Å². The zero-order chi connectivity index (χ0) is 45.5. The van der Waals surface area contributed by atoms with E-state index in [0.29, 0.717) is 5.57 Å². The Balaban J connectivity index is 1.35. The summed E-state index contributed by atoms with van der Waals surface area (Å²) in [6, 6.07) is 4.56. The molecule has 5 aliphatic rings. The minimum absolute atomic E-state index is 0.0599. The van der Waals surface area contributed by atoms with Crippen LogP contribution in [0.15, 0.2) is 69.2 Å². The highest BCUT2D eigenvalue weighted by Gasteiger charge is 2.69. The Kier molecular flexibility index (Phi) is 10.7. The van der Waals surface area contributed by atoms with E-state index >= 15 is 0 Å². The first-order chi connectivity index (χ1) is 29.8. The lowest BCUT2D eigenvalue weighted by Crippen LogP contribution is -2.75. The number of rotatable bonds is 6. The van der Waals surface area contributed by atoms with Gasteiger partial charge in [0.05, 0.1) is 18.3 Å². The van der Waals surface area contributed by atoms with Gasteiger partial charge in [-0.1, -0.05) is 17.9 Å². The third-order valence-electron chi connectivity index (χ3n) is 11.7. The van der Waals surface area contributed by atoms with E-state index < -0.39 is 131 Å². The molecule has 2 aromatic carbocycles. The molecule has 8 rings (SSSR count).